The molecular weight excluding hydrogens is 406 g/mol. The summed E-state index contributed by atoms with van der Waals surface area (Å²) in [7, 11) is 0. The van der Waals surface area contributed by atoms with E-state index in [1.807, 2.05) is 81.7 Å². The summed E-state index contributed by atoms with van der Waals surface area (Å²) in [6, 6.07) is 13.3. The van der Waals surface area contributed by atoms with Crippen molar-refractivity contribution in [1.82, 2.24) is 9.55 Å². The fraction of sp³-hybridized carbons (Fsp3) is 0.360. The van der Waals surface area contributed by atoms with Gasteiger partial charge in [0, 0.05) is 5.70 Å². The fourth-order valence-corrected chi connectivity index (χ4v) is 4.06. The van der Waals surface area contributed by atoms with Gasteiger partial charge in [0.25, 0.3) is 0 Å². The summed E-state index contributed by atoms with van der Waals surface area (Å²) < 4.78 is 19.3. The van der Waals surface area contributed by atoms with Gasteiger partial charge in [-0.3, -0.25) is 4.57 Å². The monoisotopic (exact) mass is 435 g/mol. The molecule has 0 spiro atoms. The molecule has 0 saturated heterocycles. The second kappa shape index (κ2) is 8.94. The number of hydrogen-bond donors (Lipinski definition) is 1. The molecule has 0 amide bonds. The highest BCUT2D eigenvalue weighted by Gasteiger charge is 2.35. The number of nitrogens with zero attached hydrogens (tertiary/aromatic N) is 2. The molecule has 0 saturated carbocycles. The maximum absolute atomic E-state index is 13.2. The van der Waals surface area contributed by atoms with Crippen molar-refractivity contribution in [3.8, 4) is 11.5 Å². The average Bonchev–Trinajstić information content (AvgIpc) is 3.11. The van der Waals surface area contributed by atoms with Gasteiger partial charge < -0.3 is 19.5 Å². The van der Waals surface area contributed by atoms with Crippen LogP contribution in [0.3, 0.4) is 0 Å². The Kier molecular flexibility index (Phi) is 6.08. The van der Waals surface area contributed by atoms with Crippen molar-refractivity contribution in [2.75, 3.05) is 18.5 Å². The molecule has 168 valence electrons. The standard InChI is InChI=1S/C25H29N3O4/c1-6-30-20-13-12-17(14-21(20)31-7-2)23-22(24(29)32-15(3)4)16(5)26-25-27-18-10-8-9-11-19(18)28(23)25/h8-15,23H,6-7H2,1-5H3,(H,26,27)/t23-/m1/s1. The summed E-state index contributed by atoms with van der Waals surface area (Å²) in [4.78, 5) is 18.0. The number of carbonyl (C=O) groups excluding carboxylic acids is 1. The van der Waals surface area contributed by atoms with Gasteiger partial charge in [-0.15, -0.1) is 0 Å². The van der Waals surface area contributed by atoms with Crippen molar-refractivity contribution in [2.24, 2.45) is 0 Å². The topological polar surface area (TPSA) is 74.6 Å². The smallest absolute Gasteiger partial charge is 0.338 e. The Bertz CT molecular complexity index is 1180. The molecule has 1 atom stereocenters. The Labute approximate surface area is 188 Å². The number of para-hydroxylation sites is 2. The zero-order valence-electron chi connectivity index (χ0n) is 19.1. The number of benzene rings is 2. The van der Waals surface area contributed by atoms with E-state index in [0.717, 1.165) is 22.3 Å². The van der Waals surface area contributed by atoms with Crippen LogP contribution >= 0.6 is 0 Å². The van der Waals surface area contributed by atoms with Gasteiger partial charge in [-0.2, -0.15) is 0 Å². The summed E-state index contributed by atoms with van der Waals surface area (Å²) in [5.74, 6) is 1.65. The lowest BCUT2D eigenvalue weighted by Crippen LogP contribution is -2.30. The number of hydrogen-bond acceptors (Lipinski definition) is 6. The molecule has 2 heterocycles. The zero-order chi connectivity index (χ0) is 22.8. The first-order valence-electron chi connectivity index (χ1n) is 11.0. The average molecular weight is 436 g/mol. The molecule has 1 N–H and O–H groups in total. The molecule has 32 heavy (non-hydrogen) atoms. The maximum atomic E-state index is 13.2. The van der Waals surface area contributed by atoms with Gasteiger partial charge in [0.1, 0.15) is 0 Å². The normalized spacial score (nSPS) is 15.5. The fourth-order valence-electron chi connectivity index (χ4n) is 4.06. The van der Waals surface area contributed by atoms with E-state index in [-0.39, 0.29) is 12.1 Å². The number of nitrogens with one attached hydrogen (secondary N) is 1. The lowest BCUT2D eigenvalue weighted by molar-refractivity contribution is -0.143. The van der Waals surface area contributed by atoms with Crippen molar-refractivity contribution in [3.05, 3.63) is 59.3 Å². The Hall–Kier alpha value is -3.48. The van der Waals surface area contributed by atoms with Crippen LogP contribution in [0.25, 0.3) is 11.0 Å². The van der Waals surface area contributed by atoms with E-state index < -0.39 is 6.04 Å². The van der Waals surface area contributed by atoms with Gasteiger partial charge in [-0.25, -0.2) is 9.78 Å². The molecule has 3 aromatic rings. The number of fused-ring (bicyclic) bond motifs is 3. The molecule has 1 aliphatic rings. The predicted octanol–water partition coefficient (Wildman–Crippen LogP) is 5.07. The minimum atomic E-state index is -0.431. The van der Waals surface area contributed by atoms with Gasteiger partial charge >= 0.3 is 5.97 Å². The highest BCUT2D eigenvalue weighted by atomic mass is 16.5. The first-order valence-corrected chi connectivity index (χ1v) is 11.0. The van der Waals surface area contributed by atoms with Crippen molar-refractivity contribution in [2.45, 2.75) is 46.8 Å². The largest absolute Gasteiger partial charge is 0.490 e. The van der Waals surface area contributed by atoms with Gasteiger partial charge in [0.05, 0.1) is 42.0 Å². The van der Waals surface area contributed by atoms with E-state index in [4.69, 9.17) is 19.2 Å². The van der Waals surface area contributed by atoms with Crippen LogP contribution in [-0.4, -0.2) is 34.8 Å². The van der Waals surface area contributed by atoms with E-state index in [1.165, 1.54) is 0 Å². The van der Waals surface area contributed by atoms with Gasteiger partial charge in [0.15, 0.2) is 11.5 Å². The van der Waals surface area contributed by atoms with Crippen LogP contribution in [0.15, 0.2) is 53.7 Å². The van der Waals surface area contributed by atoms with Crippen LogP contribution in [0, 0.1) is 0 Å². The van der Waals surface area contributed by atoms with Gasteiger partial charge in [0.2, 0.25) is 5.95 Å². The summed E-state index contributed by atoms with van der Waals surface area (Å²) in [6.45, 7) is 10.5. The Morgan fingerprint density at radius 2 is 1.81 bits per heavy atom. The number of aromatic nitrogens is 2. The van der Waals surface area contributed by atoms with Crippen molar-refractivity contribution < 1.29 is 19.0 Å². The van der Waals surface area contributed by atoms with Crippen molar-refractivity contribution >= 4 is 23.0 Å². The summed E-state index contributed by atoms with van der Waals surface area (Å²) in [5.41, 5.74) is 3.92. The number of rotatable bonds is 7. The number of anilines is 1. The Morgan fingerprint density at radius 1 is 1.09 bits per heavy atom. The van der Waals surface area contributed by atoms with Crippen molar-refractivity contribution in [1.29, 1.82) is 0 Å². The van der Waals surface area contributed by atoms with Crippen LogP contribution in [0.1, 0.15) is 46.2 Å². The van der Waals surface area contributed by atoms with Gasteiger partial charge in [-0.05, 0) is 64.4 Å². The highest BCUT2D eigenvalue weighted by molar-refractivity contribution is 5.94. The van der Waals surface area contributed by atoms with Crippen LogP contribution in [0.2, 0.25) is 0 Å². The molecule has 0 unspecified atom stereocenters. The molecule has 7 nitrogen and oxygen atoms in total. The number of allylic oxidation sites excluding steroid dienone is 1. The Morgan fingerprint density at radius 3 is 2.53 bits per heavy atom. The van der Waals surface area contributed by atoms with E-state index in [2.05, 4.69) is 5.32 Å². The molecule has 4 rings (SSSR count). The molecule has 1 aromatic heterocycles. The molecule has 2 aromatic carbocycles. The Balaban J connectivity index is 1.93. The van der Waals surface area contributed by atoms with Crippen molar-refractivity contribution in [3.63, 3.8) is 0 Å². The minimum Gasteiger partial charge on any atom is -0.490 e. The molecule has 1 aliphatic heterocycles. The number of imidazole rings is 1. The van der Waals surface area contributed by atoms with Crippen LogP contribution < -0.4 is 14.8 Å². The number of esters is 1. The second-order valence-corrected chi connectivity index (χ2v) is 7.89. The summed E-state index contributed by atoms with van der Waals surface area (Å²) in [6.07, 6.45) is -0.233. The maximum Gasteiger partial charge on any atom is 0.338 e. The first-order chi connectivity index (χ1) is 15.4. The summed E-state index contributed by atoms with van der Waals surface area (Å²) in [5, 5.41) is 3.30. The lowest BCUT2D eigenvalue weighted by atomic mass is 9.94. The number of ether oxygens (including phenoxy) is 3. The van der Waals surface area contributed by atoms with Crippen LogP contribution in [0.4, 0.5) is 5.95 Å². The molecule has 0 fully saturated rings. The predicted molar refractivity (Wildman–Crippen MR) is 124 cm³/mol. The molecular formula is C25H29N3O4. The van der Waals surface area contributed by atoms with Crippen LogP contribution in [-0.2, 0) is 9.53 Å². The van der Waals surface area contributed by atoms with E-state index in [1.54, 1.807) is 0 Å². The quantitative estimate of drug-likeness (QED) is 0.522. The van der Waals surface area contributed by atoms with E-state index in [9.17, 15) is 4.79 Å². The van der Waals surface area contributed by atoms with Gasteiger partial charge in [-0.1, -0.05) is 18.2 Å². The van der Waals surface area contributed by atoms with Crippen LogP contribution in [0.5, 0.6) is 11.5 Å². The molecule has 0 radical (unpaired) electrons. The molecule has 7 heteroatoms. The second-order valence-electron chi connectivity index (χ2n) is 7.89. The minimum absolute atomic E-state index is 0.233. The third kappa shape index (κ3) is 3.90. The zero-order valence-corrected chi connectivity index (χ0v) is 19.1. The molecule has 0 bridgehead atoms. The number of carbonyl (C=O) groups is 1. The lowest BCUT2D eigenvalue weighted by Gasteiger charge is -2.31. The molecule has 0 aliphatic carbocycles. The third-order valence-electron chi connectivity index (χ3n) is 5.28. The third-order valence-corrected chi connectivity index (χ3v) is 5.28. The first kappa shape index (κ1) is 21.7. The van der Waals surface area contributed by atoms with E-state index >= 15 is 0 Å². The summed E-state index contributed by atoms with van der Waals surface area (Å²) >= 11 is 0. The van der Waals surface area contributed by atoms with E-state index in [0.29, 0.717) is 36.2 Å². The SMILES string of the molecule is CCOc1ccc([C@@H]2C(C(=O)OC(C)C)=C(C)Nc3nc4ccccc4n32)cc1OCC. The highest BCUT2D eigenvalue weighted by Crippen LogP contribution is 2.42.